The number of nitrogens with one attached hydrogen (secondary N) is 1. The predicted octanol–water partition coefficient (Wildman–Crippen LogP) is 4.52. The van der Waals surface area contributed by atoms with E-state index in [0.29, 0.717) is 16.6 Å². The van der Waals surface area contributed by atoms with E-state index in [1.165, 1.54) is 24.2 Å². The molecule has 2 heterocycles. The Morgan fingerprint density at radius 1 is 1.31 bits per heavy atom. The molecule has 1 N–H and O–H groups in total. The van der Waals surface area contributed by atoms with Crippen LogP contribution in [-0.4, -0.2) is 48.8 Å². The molecule has 0 saturated heterocycles. The number of hydrogen-bond acceptors (Lipinski definition) is 5. The van der Waals surface area contributed by atoms with Gasteiger partial charge in [-0.2, -0.15) is 5.10 Å². The Morgan fingerprint density at radius 2 is 2.03 bits per heavy atom. The second kappa shape index (κ2) is 10.2. The summed E-state index contributed by atoms with van der Waals surface area (Å²) in [4.78, 5) is 3.57. The molecular formula is C21H34N4O2S2. The van der Waals surface area contributed by atoms with Crippen LogP contribution in [0.15, 0.2) is 28.6 Å². The van der Waals surface area contributed by atoms with Crippen LogP contribution in [0.5, 0.6) is 0 Å². The molecule has 1 fully saturated rings. The van der Waals surface area contributed by atoms with Gasteiger partial charge in [0.25, 0.3) is 0 Å². The second-order valence-corrected chi connectivity index (χ2v) is 10.6. The Balaban J connectivity index is 1.75. The van der Waals surface area contributed by atoms with Gasteiger partial charge < -0.3 is 4.90 Å². The first kappa shape index (κ1) is 22.5. The van der Waals surface area contributed by atoms with Crippen LogP contribution in [0.4, 0.5) is 0 Å². The molecule has 0 aromatic carbocycles. The molecule has 0 amide bonds. The lowest BCUT2D eigenvalue weighted by Gasteiger charge is -2.19. The van der Waals surface area contributed by atoms with Crippen molar-refractivity contribution in [2.75, 3.05) is 19.6 Å². The Labute approximate surface area is 179 Å². The van der Waals surface area contributed by atoms with Crippen molar-refractivity contribution < 1.29 is 8.42 Å². The SMILES string of the molecule is CCN(CC)CCCC(C)NS(=O)(=O)c1cn(C2CCCC2)nc1-c1cccs1. The number of hydrogen-bond donors (Lipinski definition) is 1. The van der Waals surface area contributed by atoms with Crippen LogP contribution in [0.25, 0.3) is 10.6 Å². The van der Waals surface area contributed by atoms with Gasteiger partial charge in [0.2, 0.25) is 10.0 Å². The van der Waals surface area contributed by atoms with Crippen molar-refractivity contribution in [2.24, 2.45) is 0 Å². The fourth-order valence-corrected chi connectivity index (χ4v) is 6.27. The molecule has 2 aromatic heterocycles. The lowest BCUT2D eigenvalue weighted by atomic mass is 10.2. The zero-order chi connectivity index (χ0) is 20.9. The minimum atomic E-state index is -3.63. The first-order chi connectivity index (χ1) is 13.9. The van der Waals surface area contributed by atoms with E-state index in [0.717, 1.165) is 50.2 Å². The van der Waals surface area contributed by atoms with Crippen molar-refractivity contribution in [3.8, 4) is 10.6 Å². The number of sulfonamides is 1. The first-order valence-corrected chi connectivity index (χ1v) is 13.2. The standard InChI is InChI=1S/C21H34N4O2S2/c1-4-24(5-2)14-8-10-17(3)23-29(26,27)20-16-25(18-11-6-7-12-18)22-21(20)19-13-9-15-28-19/h9,13,15-18,23H,4-8,10-12,14H2,1-3H3. The molecule has 29 heavy (non-hydrogen) atoms. The summed E-state index contributed by atoms with van der Waals surface area (Å²) in [5.74, 6) is 0. The topological polar surface area (TPSA) is 67.2 Å². The molecule has 6 nitrogen and oxygen atoms in total. The van der Waals surface area contributed by atoms with Crippen molar-refractivity contribution in [1.29, 1.82) is 0 Å². The minimum absolute atomic E-state index is 0.110. The summed E-state index contributed by atoms with van der Waals surface area (Å²) >= 11 is 1.53. The van der Waals surface area contributed by atoms with Crippen LogP contribution in [0.1, 0.15) is 65.3 Å². The zero-order valence-corrected chi connectivity index (χ0v) is 19.4. The van der Waals surface area contributed by atoms with Crippen LogP contribution in [0.3, 0.4) is 0 Å². The van der Waals surface area contributed by atoms with Gasteiger partial charge in [-0.3, -0.25) is 4.68 Å². The maximum atomic E-state index is 13.2. The van der Waals surface area contributed by atoms with E-state index in [-0.39, 0.29) is 6.04 Å². The molecule has 0 spiro atoms. The van der Waals surface area contributed by atoms with Gasteiger partial charge in [-0.05, 0) is 63.7 Å². The van der Waals surface area contributed by atoms with E-state index in [1.807, 2.05) is 29.1 Å². The van der Waals surface area contributed by atoms with Crippen LogP contribution < -0.4 is 4.72 Å². The first-order valence-electron chi connectivity index (χ1n) is 10.8. The van der Waals surface area contributed by atoms with Crippen molar-refractivity contribution in [1.82, 2.24) is 19.4 Å². The van der Waals surface area contributed by atoms with Crippen LogP contribution in [0.2, 0.25) is 0 Å². The summed E-state index contributed by atoms with van der Waals surface area (Å²) in [6, 6.07) is 4.08. The van der Waals surface area contributed by atoms with Gasteiger partial charge in [0.1, 0.15) is 10.6 Å². The molecule has 1 aliphatic carbocycles. The number of rotatable bonds is 11. The minimum Gasteiger partial charge on any atom is -0.304 e. The van der Waals surface area contributed by atoms with E-state index >= 15 is 0 Å². The fraction of sp³-hybridized carbons (Fsp3) is 0.667. The molecule has 1 atom stereocenters. The molecule has 1 unspecified atom stereocenters. The van der Waals surface area contributed by atoms with Crippen molar-refractivity contribution >= 4 is 21.4 Å². The summed E-state index contributed by atoms with van der Waals surface area (Å²) in [5.41, 5.74) is 0.578. The summed E-state index contributed by atoms with van der Waals surface area (Å²) in [7, 11) is -3.63. The lowest BCUT2D eigenvalue weighted by molar-refractivity contribution is 0.293. The molecule has 2 aromatic rings. The normalized spacial score (nSPS) is 16.7. The summed E-state index contributed by atoms with van der Waals surface area (Å²) < 4.78 is 31.2. The number of nitrogens with zero attached hydrogens (tertiary/aromatic N) is 3. The largest absolute Gasteiger partial charge is 0.304 e. The molecular weight excluding hydrogens is 404 g/mol. The third-order valence-corrected chi connectivity index (χ3v) is 8.27. The van der Waals surface area contributed by atoms with Crippen molar-refractivity contribution in [3.05, 3.63) is 23.7 Å². The van der Waals surface area contributed by atoms with Gasteiger partial charge in [0, 0.05) is 12.2 Å². The van der Waals surface area contributed by atoms with E-state index in [9.17, 15) is 8.42 Å². The Hall–Kier alpha value is -1.22. The van der Waals surface area contributed by atoms with Gasteiger partial charge in [-0.15, -0.1) is 11.3 Å². The zero-order valence-electron chi connectivity index (χ0n) is 17.8. The van der Waals surface area contributed by atoms with Crippen molar-refractivity contribution in [3.63, 3.8) is 0 Å². The number of thiophene rings is 1. The number of aromatic nitrogens is 2. The molecule has 1 saturated carbocycles. The van der Waals surface area contributed by atoms with Gasteiger partial charge in [0.05, 0.1) is 10.9 Å². The molecule has 162 valence electrons. The average Bonchev–Trinajstić information content (AvgIpc) is 3.45. The van der Waals surface area contributed by atoms with E-state index in [4.69, 9.17) is 5.10 Å². The van der Waals surface area contributed by atoms with E-state index < -0.39 is 10.0 Å². The van der Waals surface area contributed by atoms with Crippen LogP contribution in [-0.2, 0) is 10.0 Å². The lowest BCUT2D eigenvalue weighted by Crippen LogP contribution is -2.33. The fourth-order valence-electron chi connectivity index (χ4n) is 4.06. The quantitative estimate of drug-likeness (QED) is 0.560. The third-order valence-electron chi connectivity index (χ3n) is 5.80. The Morgan fingerprint density at radius 3 is 2.66 bits per heavy atom. The van der Waals surface area contributed by atoms with E-state index in [2.05, 4.69) is 23.5 Å². The van der Waals surface area contributed by atoms with E-state index in [1.54, 1.807) is 6.20 Å². The highest BCUT2D eigenvalue weighted by molar-refractivity contribution is 7.89. The molecule has 3 rings (SSSR count). The van der Waals surface area contributed by atoms with Gasteiger partial charge in [0.15, 0.2) is 0 Å². The summed E-state index contributed by atoms with van der Waals surface area (Å²) in [5, 5.41) is 6.68. The molecule has 8 heteroatoms. The van der Waals surface area contributed by atoms with Crippen molar-refractivity contribution in [2.45, 2.75) is 76.3 Å². The van der Waals surface area contributed by atoms with Crippen LogP contribution in [0, 0.1) is 0 Å². The molecule has 1 aliphatic rings. The van der Waals surface area contributed by atoms with Gasteiger partial charge in [-0.25, -0.2) is 13.1 Å². The monoisotopic (exact) mass is 438 g/mol. The third kappa shape index (κ3) is 5.69. The van der Waals surface area contributed by atoms with Gasteiger partial charge in [-0.1, -0.05) is 32.8 Å². The second-order valence-electron chi connectivity index (χ2n) is 7.93. The van der Waals surface area contributed by atoms with Gasteiger partial charge >= 0.3 is 0 Å². The Kier molecular flexibility index (Phi) is 7.90. The molecule has 0 radical (unpaired) electrons. The predicted molar refractivity (Wildman–Crippen MR) is 120 cm³/mol. The van der Waals surface area contributed by atoms with Crippen LogP contribution >= 0.6 is 11.3 Å². The highest BCUT2D eigenvalue weighted by atomic mass is 32.2. The Bertz CT molecular complexity index is 851. The summed E-state index contributed by atoms with van der Waals surface area (Å²) in [6.45, 7) is 9.32. The molecule has 0 aliphatic heterocycles. The highest BCUT2D eigenvalue weighted by Gasteiger charge is 2.28. The highest BCUT2D eigenvalue weighted by Crippen LogP contribution is 2.34. The summed E-state index contributed by atoms with van der Waals surface area (Å²) in [6.07, 6.45) is 8.05. The smallest absolute Gasteiger partial charge is 0.244 e. The average molecular weight is 439 g/mol. The maximum absolute atomic E-state index is 13.2. The molecule has 0 bridgehead atoms. The maximum Gasteiger partial charge on any atom is 0.244 e.